The normalized spacial score (nSPS) is 20.5. The molecule has 1 aliphatic rings. The molecule has 5 nitrogen and oxygen atoms in total. The van der Waals surface area contributed by atoms with Gasteiger partial charge in [0.25, 0.3) is 0 Å². The Labute approximate surface area is 122 Å². The van der Waals surface area contributed by atoms with Crippen LogP contribution in [0.1, 0.15) is 27.2 Å². The van der Waals surface area contributed by atoms with E-state index in [1.54, 1.807) is 25.7 Å². The Kier molecular flexibility index (Phi) is 6.27. The second kappa shape index (κ2) is 7.31. The topological polar surface area (TPSA) is 50.8 Å². The van der Waals surface area contributed by atoms with Crippen LogP contribution in [-0.2, 0) is 9.47 Å². The van der Waals surface area contributed by atoms with Gasteiger partial charge in [0.05, 0.1) is 0 Å². The SMILES string of the molecule is CC(C)(C)OC(=O)N1CCNCC1CCOCC(F)(F)F. The summed E-state index contributed by atoms with van der Waals surface area (Å²) in [7, 11) is 0. The molecule has 0 aromatic carbocycles. The third kappa shape index (κ3) is 7.52. The maximum absolute atomic E-state index is 12.1. The molecule has 0 aromatic heterocycles. The van der Waals surface area contributed by atoms with E-state index in [0.29, 0.717) is 26.1 Å². The Morgan fingerprint density at radius 1 is 1.33 bits per heavy atom. The lowest BCUT2D eigenvalue weighted by Crippen LogP contribution is -2.55. The van der Waals surface area contributed by atoms with E-state index in [1.807, 2.05) is 0 Å². The molecule has 0 spiro atoms. The standard InChI is InChI=1S/C13H23F3N2O3/c1-12(2,3)21-11(19)18-6-5-17-8-10(18)4-7-20-9-13(14,15)16/h10,17H,4-9H2,1-3H3. The predicted molar refractivity (Wildman–Crippen MR) is 71.1 cm³/mol. The van der Waals surface area contributed by atoms with E-state index < -0.39 is 24.5 Å². The highest BCUT2D eigenvalue weighted by molar-refractivity contribution is 5.68. The molecule has 1 fully saturated rings. The summed E-state index contributed by atoms with van der Waals surface area (Å²) in [5, 5.41) is 3.11. The maximum atomic E-state index is 12.1. The minimum absolute atomic E-state index is 0.0504. The zero-order valence-corrected chi connectivity index (χ0v) is 12.6. The number of halogens is 3. The number of nitrogens with one attached hydrogen (secondary N) is 1. The first-order valence-corrected chi connectivity index (χ1v) is 6.93. The molecule has 8 heteroatoms. The minimum atomic E-state index is -4.32. The smallest absolute Gasteiger partial charge is 0.411 e. The van der Waals surface area contributed by atoms with E-state index in [2.05, 4.69) is 10.1 Å². The molecule has 0 saturated carbocycles. The fraction of sp³-hybridized carbons (Fsp3) is 0.923. The summed E-state index contributed by atoms with van der Waals surface area (Å²) in [5.74, 6) is 0. The Bertz CT molecular complexity index is 343. The molecule has 1 atom stereocenters. The maximum Gasteiger partial charge on any atom is 0.411 e. The molecule has 0 radical (unpaired) electrons. The van der Waals surface area contributed by atoms with Crippen molar-refractivity contribution >= 4 is 6.09 Å². The highest BCUT2D eigenvalue weighted by atomic mass is 19.4. The molecule has 1 N–H and O–H groups in total. The van der Waals surface area contributed by atoms with Crippen LogP contribution in [0.3, 0.4) is 0 Å². The third-order valence-electron chi connectivity index (χ3n) is 2.84. The highest BCUT2D eigenvalue weighted by Crippen LogP contribution is 2.17. The summed E-state index contributed by atoms with van der Waals surface area (Å²) in [6, 6.07) is -0.221. The van der Waals surface area contributed by atoms with E-state index >= 15 is 0 Å². The summed E-state index contributed by atoms with van der Waals surface area (Å²) in [5.41, 5.74) is -0.598. The van der Waals surface area contributed by atoms with Crippen molar-refractivity contribution in [3.8, 4) is 0 Å². The van der Waals surface area contributed by atoms with Crippen LogP contribution in [0.25, 0.3) is 0 Å². The number of hydrogen-bond donors (Lipinski definition) is 1. The molecule has 21 heavy (non-hydrogen) atoms. The van der Waals surface area contributed by atoms with Crippen molar-refractivity contribution in [2.45, 2.75) is 45.0 Å². The molecule has 0 bridgehead atoms. The second-order valence-corrected chi connectivity index (χ2v) is 5.99. The lowest BCUT2D eigenvalue weighted by atomic mass is 10.1. The zero-order chi connectivity index (χ0) is 16.1. The number of rotatable bonds is 4. The molecule has 0 aromatic rings. The van der Waals surface area contributed by atoms with Crippen molar-refractivity contribution in [2.75, 3.05) is 32.8 Å². The monoisotopic (exact) mass is 312 g/mol. The number of amides is 1. The zero-order valence-electron chi connectivity index (χ0n) is 12.6. The first kappa shape index (κ1) is 18.0. The number of piperazine rings is 1. The van der Waals surface area contributed by atoms with Gasteiger partial charge in [-0.3, -0.25) is 0 Å². The van der Waals surface area contributed by atoms with E-state index in [4.69, 9.17) is 4.74 Å². The van der Waals surface area contributed by atoms with Crippen molar-refractivity contribution in [1.29, 1.82) is 0 Å². The average molecular weight is 312 g/mol. The van der Waals surface area contributed by atoms with Gasteiger partial charge in [-0.15, -0.1) is 0 Å². The van der Waals surface area contributed by atoms with Crippen LogP contribution in [0.5, 0.6) is 0 Å². The van der Waals surface area contributed by atoms with E-state index in [1.165, 1.54) is 0 Å². The molecule has 1 rings (SSSR count). The molecule has 1 unspecified atom stereocenters. The third-order valence-corrected chi connectivity index (χ3v) is 2.84. The molecule has 1 amide bonds. The van der Waals surface area contributed by atoms with Gasteiger partial charge in [0, 0.05) is 32.3 Å². The Morgan fingerprint density at radius 2 is 2.00 bits per heavy atom. The van der Waals surface area contributed by atoms with Gasteiger partial charge in [-0.2, -0.15) is 13.2 Å². The van der Waals surface area contributed by atoms with Crippen LogP contribution in [0.2, 0.25) is 0 Å². The van der Waals surface area contributed by atoms with E-state index in [0.717, 1.165) is 0 Å². The van der Waals surface area contributed by atoms with E-state index in [9.17, 15) is 18.0 Å². The average Bonchev–Trinajstić information content (AvgIpc) is 2.32. The molecule has 1 aliphatic heterocycles. The predicted octanol–water partition coefficient (Wildman–Crippen LogP) is 2.16. The number of carbonyl (C=O) groups excluding carboxylic acids is 1. The quantitative estimate of drug-likeness (QED) is 0.808. The summed E-state index contributed by atoms with van der Waals surface area (Å²) >= 11 is 0. The van der Waals surface area contributed by atoms with Gasteiger partial charge >= 0.3 is 12.3 Å². The lowest BCUT2D eigenvalue weighted by Gasteiger charge is -2.37. The molecule has 1 saturated heterocycles. The largest absolute Gasteiger partial charge is 0.444 e. The van der Waals surface area contributed by atoms with Gasteiger partial charge in [0.1, 0.15) is 12.2 Å². The number of ether oxygens (including phenoxy) is 2. The van der Waals surface area contributed by atoms with Crippen LogP contribution in [0.4, 0.5) is 18.0 Å². The van der Waals surface area contributed by atoms with Gasteiger partial charge in [0.15, 0.2) is 0 Å². The summed E-state index contributed by atoms with van der Waals surface area (Å²) in [6.07, 6.45) is -4.43. The first-order valence-electron chi connectivity index (χ1n) is 6.93. The molecular formula is C13H23F3N2O3. The fourth-order valence-corrected chi connectivity index (χ4v) is 1.99. The van der Waals surface area contributed by atoms with Gasteiger partial charge < -0.3 is 19.7 Å². The lowest BCUT2D eigenvalue weighted by molar-refractivity contribution is -0.174. The number of alkyl halides is 3. The fourth-order valence-electron chi connectivity index (χ4n) is 1.99. The van der Waals surface area contributed by atoms with Crippen LogP contribution in [-0.4, -0.2) is 61.7 Å². The second-order valence-electron chi connectivity index (χ2n) is 5.99. The van der Waals surface area contributed by atoms with Crippen molar-refractivity contribution in [2.24, 2.45) is 0 Å². The van der Waals surface area contributed by atoms with Gasteiger partial charge in [-0.25, -0.2) is 4.79 Å². The summed E-state index contributed by atoms with van der Waals surface area (Å²) < 4.78 is 45.9. The van der Waals surface area contributed by atoms with Gasteiger partial charge in [0.2, 0.25) is 0 Å². The van der Waals surface area contributed by atoms with Crippen molar-refractivity contribution in [3.63, 3.8) is 0 Å². The van der Waals surface area contributed by atoms with Crippen molar-refractivity contribution in [3.05, 3.63) is 0 Å². The Morgan fingerprint density at radius 3 is 2.57 bits per heavy atom. The summed E-state index contributed by atoms with van der Waals surface area (Å²) in [6.45, 7) is 5.63. The minimum Gasteiger partial charge on any atom is -0.444 e. The van der Waals surface area contributed by atoms with Crippen LogP contribution < -0.4 is 5.32 Å². The van der Waals surface area contributed by atoms with Gasteiger partial charge in [-0.1, -0.05) is 0 Å². The number of nitrogens with zero attached hydrogens (tertiary/aromatic N) is 1. The van der Waals surface area contributed by atoms with Gasteiger partial charge in [-0.05, 0) is 27.2 Å². The molecule has 124 valence electrons. The molecule has 0 aliphatic carbocycles. The first-order chi connectivity index (χ1) is 9.58. The number of hydrogen-bond acceptors (Lipinski definition) is 4. The van der Waals surface area contributed by atoms with Crippen LogP contribution in [0, 0.1) is 0 Å². The number of carbonyl (C=O) groups is 1. The van der Waals surface area contributed by atoms with Crippen molar-refractivity contribution < 1.29 is 27.4 Å². The summed E-state index contributed by atoms with van der Waals surface area (Å²) in [4.78, 5) is 13.6. The van der Waals surface area contributed by atoms with Crippen LogP contribution in [0.15, 0.2) is 0 Å². The molecule has 1 heterocycles. The van der Waals surface area contributed by atoms with E-state index in [-0.39, 0.29) is 12.6 Å². The van der Waals surface area contributed by atoms with Crippen LogP contribution >= 0.6 is 0 Å². The molecular weight excluding hydrogens is 289 g/mol. The highest BCUT2D eigenvalue weighted by Gasteiger charge is 2.31. The van der Waals surface area contributed by atoms with Crippen molar-refractivity contribution in [1.82, 2.24) is 10.2 Å². The Balaban J connectivity index is 2.44. The Hall–Kier alpha value is -1.02.